The molecular weight excluding hydrogens is 252 g/mol. The van der Waals surface area contributed by atoms with Gasteiger partial charge in [0.1, 0.15) is 6.04 Å². The highest BCUT2D eigenvalue weighted by Gasteiger charge is 2.27. The monoisotopic (exact) mass is 266 g/mol. The van der Waals surface area contributed by atoms with Gasteiger partial charge < -0.3 is 15.7 Å². The van der Waals surface area contributed by atoms with Crippen LogP contribution in [0, 0.1) is 0 Å². The molecule has 1 saturated heterocycles. The van der Waals surface area contributed by atoms with E-state index >= 15 is 0 Å². The van der Waals surface area contributed by atoms with Crippen LogP contribution in [0.25, 0.3) is 0 Å². The van der Waals surface area contributed by atoms with Crippen molar-refractivity contribution in [3.05, 3.63) is 35.4 Å². The molecule has 1 fully saturated rings. The van der Waals surface area contributed by atoms with Gasteiger partial charge in [-0.2, -0.15) is 0 Å². The molecule has 1 heterocycles. The Hall–Kier alpha value is -1.53. The van der Waals surface area contributed by atoms with E-state index in [1.807, 2.05) is 24.3 Å². The number of nitrogens with one attached hydrogen (secondary N) is 2. The Morgan fingerprint density at radius 2 is 2.06 bits per heavy atom. The molecule has 0 aliphatic carbocycles. The van der Waals surface area contributed by atoms with Crippen LogP contribution >= 0.6 is 11.8 Å². The van der Waals surface area contributed by atoms with Crippen molar-refractivity contribution in [1.29, 1.82) is 0 Å². The molecule has 96 valence electrons. The summed E-state index contributed by atoms with van der Waals surface area (Å²) in [6.45, 7) is 0.430. The van der Waals surface area contributed by atoms with Gasteiger partial charge in [0.05, 0.1) is 6.61 Å². The zero-order valence-electron chi connectivity index (χ0n) is 9.68. The molecule has 5 nitrogen and oxygen atoms in total. The maximum atomic E-state index is 11.7. The molecule has 2 amide bonds. The van der Waals surface area contributed by atoms with E-state index in [1.54, 1.807) is 0 Å². The lowest BCUT2D eigenvalue weighted by Crippen LogP contribution is -2.42. The molecule has 2 rings (SSSR count). The fraction of sp³-hybridized carbons (Fsp3) is 0.333. The number of carbonyl (C=O) groups excluding carboxylic acids is 2. The van der Waals surface area contributed by atoms with Crippen LogP contribution < -0.4 is 10.6 Å². The highest BCUT2D eigenvalue weighted by molar-refractivity contribution is 8.14. The topological polar surface area (TPSA) is 78.4 Å². The molecule has 1 aliphatic rings. The Kier molecular flexibility index (Phi) is 4.22. The highest BCUT2D eigenvalue weighted by Crippen LogP contribution is 2.13. The summed E-state index contributed by atoms with van der Waals surface area (Å²) in [4.78, 5) is 22.7. The molecule has 3 N–H and O–H groups in total. The fourth-order valence-electron chi connectivity index (χ4n) is 1.60. The lowest BCUT2D eigenvalue weighted by Gasteiger charge is -2.10. The van der Waals surface area contributed by atoms with Crippen LogP contribution in [0.3, 0.4) is 0 Å². The summed E-state index contributed by atoms with van der Waals surface area (Å²) in [6, 6.07) is 6.91. The van der Waals surface area contributed by atoms with Gasteiger partial charge in [-0.3, -0.25) is 9.59 Å². The summed E-state index contributed by atoms with van der Waals surface area (Å²) in [7, 11) is 0. The summed E-state index contributed by atoms with van der Waals surface area (Å²) < 4.78 is 0. The van der Waals surface area contributed by atoms with E-state index in [0.717, 1.165) is 22.9 Å². The fourth-order valence-corrected chi connectivity index (χ4v) is 2.38. The smallest absolute Gasteiger partial charge is 0.279 e. The first-order valence-electron chi connectivity index (χ1n) is 5.58. The molecule has 0 aromatic heterocycles. The predicted molar refractivity (Wildman–Crippen MR) is 69.0 cm³/mol. The second kappa shape index (κ2) is 5.88. The Morgan fingerprint density at radius 1 is 1.39 bits per heavy atom. The van der Waals surface area contributed by atoms with Crippen LogP contribution in [0.2, 0.25) is 0 Å². The number of hydrogen-bond acceptors (Lipinski definition) is 4. The summed E-state index contributed by atoms with van der Waals surface area (Å²) >= 11 is 1.12. The molecule has 6 heteroatoms. The van der Waals surface area contributed by atoms with Crippen molar-refractivity contribution in [2.24, 2.45) is 0 Å². The van der Waals surface area contributed by atoms with E-state index in [4.69, 9.17) is 5.11 Å². The van der Waals surface area contributed by atoms with Crippen LogP contribution in [0.4, 0.5) is 4.79 Å². The zero-order valence-corrected chi connectivity index (χ0v) is 10.5. The van der Waals surface area contributed by atoms with Gasteiger partial charge >= 0.3 is 0 Å². The minimum atomic E-state index is -0.431. The number of aliphatic hydroxyl groups excluding tert-OH is 1. The van der Waals surface area contributed by atoms with E-state index in [2.05, 4.69) is 10.6 Å². The van der Waals surface area contributed by atoms with Crippen LogP contribution in [-0.2, 0) is 17.9 Å². The first-order chi connectivity index (χ1) is 8.69. The Morgan fingerprint density at radius 3 is 2.61 bits per heavy atom. The van der Waals surface area contributed by atoms with Crippen LogP contribution in [0.15, 0.2) is 24.3 Å². The Labute approximate surface area is 109 Å². The SMILES string of the molecule is O=C1NC(C(=O)NCc2ccc(CO)cc2)CS1. The molecule has 0 spiro atoms. The number of aliphatic hydroxyl groups is 1. The standard InChI is InChI=1S/C12H14N2O3S/c15-6-9-3-1-8(2-4-9)5-13-11(16)10-7-18-12(17)14-10/h1-4,10,15H,5-7H2,(H,13,16)(H,14,17). The maximum Gasteiger partial charge on any atom is 0.279 e. The quantitative estimate of drug-likeness (QED) is 0.746. The summed E-state index contributed by atoms with van der Waals surface area (Å²) in [5, 5.41) is 14.1. The molecule has 1 aromatic rings. The normalized spacial score (nSPS) is 18.5. The number of benzene rings is 1. The van der Waals surface area contributed by atoms with E-state index in [-0.39, 0.29) is 17.8 Å². The van der Waals surface area contributed by atoms with Crippen LogP contribution in [0.1, 0.15) is 11.1 Å². The van der Waals surface area contributed by atoms with Gasteiger partial charge in [0.15, 0.2) is 0 Å². The molecule has 0 bridgehead atoms. The van der Waals surface area contributed by atoms with E-state index in [1.165, 1.54) is 0 Å². The number of thioether (sulfide) groups is 1. The van der Waals surface area contributed by atoms with Crippen molar-refractivity contribution in [3.8, 4) is 0 Å². The van der Waals surface area contributed by atoms with Gasteiger partial charge in [-0.1, -0.05) is 36.0 Å². The van der Waals surface area contributed by atoms with Crippen LogP contribution in [0.5, 0.6) is 0 Å². The molecule has 1 atom stereocenters. The minimum absolute atomic E-state index is 0.0119. The number of rotatable bonds is 4. The van der Waals surface area contributed by atoms with Gasteiger partial charge in [-0.05, 0) is 11.1 Å². The van der Waals surface area contributed by atoms with E-state index in [9.17, 15) is 9.59 Å². The van der Waals surface area contributed by atoms with Crippen molar-refractivity contribution >= 4 is 22.9 Å². The van der Waals surface area contributed by atoms with Gasteiger partial charge in [0.2, 0.25) is 5.91 Å². The Balaban J connectivity index is 1.83. The average molecular weight is 266 g/mol. The van der Waals surface area contributed by atoms with Crippen molar-refractivity contribution in [3.63, 3.8) is 0 Å². The van der Waals surface area contributed by atoms with Gasteiger partial charge in [0.25, 0.3) is 5.24 Å². The van der Waals surface area contributed by atoms with Crippen LogP contribution in [-0.4, -0.2) is 28.0 Å². The number of carbonyl (C=O) groups is 2. The zero-order chi connectivity index (χ0) is 13.0. The lowest BCUT2D eigenvalue weighted by atomic mass is 10.1. The van der Waals surface area contributed by atoms with Gasteiger partial charge in [-0.15, -0.1) is 0 Å². The molecule has 1 aliphatic heterocycles. The second-order valence-corrected chi connectivity index (χ2v) is 4.98. The third-order valence-corrected chi connectivity index (χ3v) is 3.54. The summed E-state index contributed by atoms with van der Waals surface area (Å²) in [6.07, 6.45) is 0. The third kappa shape index (κ3) is 3.24. The minimum Gasteiger partial charge on any atom is -0.392 e. The van der Waals surface area contributed by atoms with Crippen molar-refractivity contribution in [2.75, 3.05) is 5.75 Å². The van der Waals surface area contributed by atoms with Gasteiger partial charge in [0, 0.05) is 12.3 Å². The largest absolute Gasteiger partial charge is 0.392 e. The molecule has 1 aromatic carbocycles. The molecular formula is C12H14N2O3S. The first kappa shape index (κ1) is 12.9. The van der Waals surface area contributed by atoms with Crippen molar-refractivity contribution in [2.45, 2.75) is 19.2 Å². The Bertz CT molecular complexity index is 447. The number of hydrogen-bond donors (Lipinski definition) is 3. The maximum absolute atomic E-state index is 11.7. The molecule has 0 radical (unpaired) electrons. The van der Waals surface area contributed by atoms with E-state index in [0.29, 0.717) is 12.3 Å². The van der Waals surface area contributed by atoms with E-state index < -0.39 is 6.04 Å². The lowest BCUT2D eigenvalue weighted by molar-refractivity contribution is -0.122. The summed E-state index contributed by atoms with van der Waals surface area (Å²) in [5.74, 6) is 0.313. The third-order valence-electron chi connectivity index (χ3n) is 2.66. The predicted octanol–water partition coefficient (Wildman–Crippen LogP) is 0.620. The van der Waals surface area contributed by atoms with Gasteiger partial charge in [-0.25, -0.2) is 0 Å². The molecule has 1 unspecified atom stereocenters. The first-order valence-corrected chi connectivity index (χ1v) is 6.57. The second-order valence-electron chi connectivity index (χ2n) is 3.99. The van der Waals surface area contributed by atoms with Crippen molar-refractivity contribution < 1.29 is 14.7 Å². The summed E-state index contributed by atoms with van der Waals surface area (Å²) in [5.41, 5.74) is 1.79. The average Bonchev–Trinajstić information content (AvgIpc) is 2.83. The molecule has 18 heavy (non-hydrogen) atoms. The molecule has 0 saturated carbocycles. The highest BCUT2D eigenvalue weighted by atomic mass is 32.2. The van der Waals surface area contributed by atoms with Crippen molar-refractivity contribution in [1.82, 2.24) is 10.6 Å². The number of amides is 2.